The highest BCUT2D eigenvalue weighted by Gasteiger charge is 2.14. The lowest BCUT2D eigenvalue weighted by molar-refractivity contribution is 0.112. The highest BCUT2D eigenvalue weighted by Crippen LogP contribution is 2.30. The van der Waals surface area contributed by atoms with Crippen molar-refractivity contribution >= 4 is 17.3 Å². The second-order valence-electron chi connectivity index (χ2n) is 7.00. The Morgan fingerprint density at radius 3 is 2.50 bits per heavy atom. The highest BCUT2D eigenvalue weighted by atomic mass is 16.1. The molecule has 0 radical (unpaired) electrons. The SMILES string of the molecule is Cc1cccc(-c2nc(-c3cncc(-c4ccc(C=O)cc4)c3)c3cc[nH]c3n2)n1. The molecule has 0 bridgehead atoms. The van der Waals surface area contributed by atoms with E-state index in [-0.39, 0.29) is 0 Å². The van der Waals surface area contributed by atoms with Crippen molar-refractivity contribution in [2.24, 2.45) is 0 Å². The zero-order valence-electron chi connectivity index (χ0n) is 16.2. The van der Waals surface area contributed by atoms with Crippen molar-refractivity contribution < 1.29 is 4.79 Å². The molecule has 0 unspecified atom stereocenters. The first-order valence-corrected chi connectivity index (χ1v) is 9.51. The molecule has 0 aliphatic rings. The number of nitrogens with one attached hydrogen (secondary N) is 1. The van der Waals surface area contributed by atoms with Crippen molar-refractivity contribution in [2.75, 3.05) is 0 Å². The second-order valence-corrected chi connectivity index (χ2v) is 7.00. The Bertz CT molecular complexity index is 1370. The van der Waals surface area contributed by atoms with E-state index in [1.807, 2.05) is 55.6 Å². The maximum Gasteiger partial charge on any atom is 0.180 e. The van der Waals surface area contributed by atoms with E-state index in [2.05, 4.69) is 19.9 Å². The monoisotopic (exact) mass is 391 g/mol. The third-order valence-corrected chi connectivity index (χ3v) is 4.92. The van der Waals surface area contributed by atoms with Crippen LogP contribution in [-0.2, 0) is 0 Å². The summed E-state index contributed by atoms with van der Waals surface area (Å²) in [5.74, 6) is 0.560. The number of H-pyrrole nitrogens is 1. The lowest BCUT2D eigenvalue weighted by Crippen LogP contribution is -1.97. The molecule has 30 heavy (non-hydrogen) atoms. The zero-order chi connectivity index (χ0) is 20.5. The molecular weight excluding hydrogens is 374 g/mol. The Labute approximate surface area is 172 Å². The molecule has 0 aliphatic carbocycles. The van der Waals surface area contributed by atoms with Crippen LogP contribution in [0.25, 0.3) is 44.9 Å². The molecule has 0 fully saturated rings. The van der Waals surface area contributed by atoms with Gasteiger partial charge in [-0.3, -0.25) is 9.78 Å². The van der Waals surface area contributed by atoms with Gasteiger partial charge in [-0.2, -0.15) is 0 Å². The van der Waals surface area contributed by atoms with Gasteiger partial charge in [0, 0.05) is 46.4 Å². The number of carbonyl (C=O) groups is 1. The molecule has 5 aromatic rings. The molecule has 4 heterocycles. The summed E-state index contributed by atoms with van der Waals surface area (Å²) in [4.78, 5) is 32.6. The second kappa shape index (κ2) is 7.33. The number of fused-ring (bicyclic) bond motifs is 1. The predicted octanol–water partition coefficient (Wildman–Crippen LogP) is 4.87. The van der Waals surface area contributed by atoms with E-state index in [0.29, 0.717) is 11.4 Å². The lowest BCUT2D eigenvalue weighted by Gasteiger charge is -2.08. The fourth-order valence-corrected chi connectivity index (χ4v) is 3.42. The number of aryl methyl sites for hydroxylation is 1. The Morgan fingerprint density at radius 1 is 0.867 bits per heavy atom. The van der Waals surface area contributed by atoms with Crippen LogP contribution in [0.1, 0.15) is 16.1 Å². The summed E-state index contributed by atoms with van der Waals surface area (Å²) in [6.45, 7) is 1.95. The Balaban J connectivity index is 1.65. The fraction of sp³-hybridized carbons (Fsp3) is 0.0417. The molecular formula is C24H17N5O. The summed E-state index contributed by atoms with van der Waals surface area (Å²) in [5, 5.41) is 0.918. The smallest absolute Gasteiger partial charge is 0.180 e. The number of aromatic nitrogens is 5. The van der Waals surface area contributed by atoms with Crippen LogP contribution in [0, 0.1) is 6.92 Å². The molecule has 1 N–H and O–H groups in total. The molecule has 0 saturated heterocycles. The number of hydrogen-bond donors (Lipinski definition) is 1. The normalized spacial score (nSPS) is 11.0. The maximum absolute atomic E-state index is 10.9. The van der Waals surface area contributed by atoms with Crippen molar-refractivity contribution in [3.05, 3.63) is 84.4 Å². The van der Waals surface area contributed by atoms with Crippen LogP contribution < -0.4 is 0 Å². The van der Waals surface area contributed by atoms with Crippen molar-refractivity contribution in [1.82, 2.24) is 24.9 Å². The van der Waals surface area contributed by atoms with Crippen LogP contribution in [-0.4, -0.2) is 31.2 Å². The Hall–Kier alpha value is -4.19. The van der Waals surface area contributed by atoms with Gasteiger partial charge in [0.25, 0.3) is 0 Å². The number of carbonyl (C=O) groups excluding carboxylic acids is 1. The van der Waals surface area contributed by atoms with Gasteiger partial charge in [0.2, 0.25) is 0 Å². The average molecular weight is 391 g/mol. The summed E-state index contributed by atoms with van der Waals surface area (Å²) in [5.41, 5.74) is 6.62. The average Bonchev–Trinajstić information content (AvgIpc) is 3.27. The molecule has 0 aliphatic heterocycles. The van der Waals surface area contributed by atoms with Crippen LogP contribution >= 0.6 is 0 Å². The topological polar surface area (TPSA) is 84.4 Å². The van der Waals surface area contributed by atoms with Gasteiger partial charge in [0.15, 0.2) is 5.82 Å². The molecule has 0 atom stereocenters. The molecule has 144 valence electrons. The van der Waals surface area contributed by atoms with Gasteiger partial charge in [-0.15, -0.1) is 0 Å². The molecule has 0 spiro atoms. The number of nitrogens with zero attached hydrogens (tertiary/aromatic N) is 4. The summed E-state index contributed by atoms with van der Waals surface area (Å²) >= 11 is 0. The number of aromatic amines is 1. The van der Waals surface area contributed by atoms with Gasteiger partial charge in [-0.05, 0) is 36.8 Å². The van der Waals surface area contributed by atoms with Crippen LogP contribution in [0.2, 0.25) is 0 Å². The number of hydrogen-bond acceptors (Lipinski definition) is 5. The van der Waals surface area contributed by atoms with E-state index in [4.69, 9.17) is 4.98 Å². The van der Waals surface area contributed by atoms with Gasteiger partial charge in [-0.1, -0.05) is 30.3 Å². The predicted molar refractivity (Wildman–Crippen MR) is 116 cm³/mol. The van der Waals surface area contributed by atoms with Crippen molar-refractivity contribution in [1.29, 1.82) is 0 Å². The van der Waals surface area contributed by atoms with Gasteiger partial charge in [0.1, 0.15) is 17.6 Å². The number of benzene rings is 1. The molecule has 5 rings (SSSR count). The number of aldehydes is 1. The standard InChI is InChI=1S/C24H17N5O/c1-15-3-2-4-21(27-15)24-28-22(20-9-10-26-23(20)29-24)19-11-18(12-25-13-19)17-7-5-16(14-30)6-8-17/h2-14H,1H3,(H,26,28,29). The summed E-state index contributed by atoms with van der Waals surface area (Å²) in [7, 11) is 0. The molecule has 0 saturated carbocycles. The first kappa shape index (κ1) is 17.9. The Morgan fingerprint density at radius 2 is 1.70 bits per heavy atom. The fourth-order valence-electron chi connectivity index (χ4n) is 3.42. The zero-order valence-corrected chi connectivity index (χ0v) is 16.2. The van der Waals surface area contributed by atoms with Gasteiger partial charge in [0.05, 0.1) is 5.69 Å². The summed E-state index contributed by atoms with van der Waals surface area (Å²) < 4.78 is 0. The minimum atomic E-state index is 0.560. The minimum Gasteiger partial charge on any atom is -0.346 e. The lowest BCUT2D eigenvalue weighted by atomic mass is 10.0. The van der Waals surface area contributed by atoms with Crippen LogP contribution in [0.15, 0.2) is 73.2 Å². The maximum atomic E-state index is 10.9. The first-order chi connectivity index (χ1) is 14.7. The van der Waals surface area contributed by atoms with E-state index in [1.165, 1.54) is 0 Å². The number of rotatable bonds is 4. The van der Waals surface area contributed by atoms with Gasteiger partial charge >= 0.3 is 0 Å². The van der Waals surface area contributed by atoms with E-state index in [0.717, 1.165) is 51.1 Å². The third kappa shape index (κ3) is 3.24. The first-order valence-electron chi connectivity index (χ1n) is 9.51. The third-order valence-electron chi connectivity index (χ3n) is 4.92. The summed E-state index contributed by atoms with van der Waals surface area (Å²) in [6, 6.07) is 17.2. The highest BCUT2D eigenvalue weighted by molar-refractivity contribution is 5.92. The largest absolute Gasteiger partial charge is 0.346 e. The van der Waals surface area contributed by atoms with Crippen LogP contribution in [0.5, 0.6) is 0 Å². The minimum absolute atomic E-state index is 0.560. The van der Waals surface area contributed by atoms with Crippen molar-refractivity contribution in [3.63, 3.8) is 0 Å². The van der Waals surface area contributed by atoms with E-state index in [1.54, 1.807) is 24.5 Å². The molecule has 0 amide bonds. The molecule has 6 heteroatoms. The van der Waals surface area contributed by atoms with Gasteiger partial charge in [-0.25, -0.2) is 15.0 Å². The van der Waals surface area contributed by atoms with E-state index < -0.39 is 0 Å². The van der Waals surface area contributed by atoms with Gasteiger partial charge < -0.3 is 4.98 Å². The molecule has 6 nitrogen and oxygen atoms in total. The van der Waals surface area contributed by atoms with Crippen LogP contribution in [0.4, 0.5) is 0 Å². The van der Waals surface area contributed by atoms with Crippen molar-refractivity contribution in [3.8, 4) is 33.9 Å². The van der Waals surface area contributed by atoms with E-state index in [9.17, 15) is 4.79 Å². The summed E-state index contributed by atoms with van der Waals surface area (Å²) in [6.07, 6.45) is 6.29. The molecule has 1 aromatic carbocycles. The van der Waals surface area contributed by atoms with E-state index >= 15 is 0 Å². The Kier molecular flexibility index (Phi) is 4.37. The van der Waals surface area contributed by atoms with Crippen molar-refractivity contribution in [2.45, 2.75) is 6.92 Å². The van der Waals surface area contributed by atoms with Crippen LogP contribution in [0.3, 0.4) is 0 Å². The quantitative estimate of drug-likeness (QED) is 0.442. The molecule has 4 aromatic heterocycles. The number of pyridine rings is 2.